The Morgan fingerprint density at radius 3 is 2.58 bits per heavy atom. The molecule has 0 fully saturated rings. The topological polar surface area (TPSA) is 35.2 Å². The van der Waals surface area contributed by atoms with Gasteiger partial charge in [0.15, 0.2) is 11.6 Å². The number of hydrogen-bond acceptors (Lipinski definition) is 2. The molecule has 1 atom stereocenters. The van der Waals surface area contributed by atoms with Crippen LogP contribution in [0.3, 0.4) is 0 Å². The van der Waals surface area contributed by atoms with Crippen LogP contribution in [0.15, 0.2) is 42.5 Å². The summed E-state index contributed by atoms with van der Waals surface area (Å²) < 4.78 is 19.7. The molecule has 0 aliphatic rings. The number of halogens is 1. The fourth-order valence-electron chi connectivity index (χ4n) is 1.96. The Balaban J connectivity index is 2.36. The van der Waals surface area contributed by atoms with Gasteiger partial charge in [-0.05, 0) is 43.5 Å². The Bertz CT molecular complexity index is 566. The van der Waals surface area contributed by atoms with Gasteiger partial charge in [0.05, 0.1) is 0 Å². The maximum absolute atomic E-state index is 14.0. The van der Waals surface area contributed by atoms with Crippen molar-refractivity contribution in [3.63, 3.8) is 0 Å². The van der Waals surface area contributed by atoms with Crippen molar-refractivity contribution in [3.05, 3.63) is 59.4 Å². The minimum Gasteiger partial charge on any atom is -0.454 e. The molecule has 0 heterocycles. The lowest BCUT2D eigenvalue weighted by Gasteiger charge is -2.14. The summed E-state index contributed by atoms with van der Waals surface area (Å²) in [5, 5.41) is 0. The van der Waals surface area contributed by atoms with Crippen LogP contribution in [0, 0.1) is 12.7 Å². The van der Waals surface area contributed by atoms with Crippen molar-refractivity contribution in [1.82, 2.24) is 0 Å². The second kappa shape index (κ2) is 5.85. The molecular weight excluding hydrogens is 241 g/mol. The van der Waals surface area contributed by atoms with Crippen LogP contribution < -0.4 is 10.5 Å². The molecule has 2 aromatic rings. The first-order chi connectivity index (χ1) is 9.08. The first kappa shape index (κ1) is 13.6. The third kappa shape index (κ3) is 3.32. The first-order valence-corrected chi connectivity index (χ1v) is 6.34. The third-order valence-corrected chi connectivity index (χ3v) is 2.90. The monoisotopic (exact) mass is 259 g/mol. The van der Waals surface area contributed by atoms with Gasteiger partial charge in [-0.2, -0.15) is 0 Å². The summed E-state index contributed by atoms with van der Waals surface area (Å²) in [4.78, 5) is 0. The normalized spacial score (nSPS) is 12.2. The molecule has 0 aromatic heterocycles. The summed E-state index contributed by atoms with van der Waals surface area (Å²) in [5.74, 6) is 0.578. The summed E-state index contributed by atoms with van der Waals surface area (Å²) in [7, 11) is 0. The number of ether oxygens (including phenoxy) is 1. The SMILES string of the molecule is Cc1ccccc1Oc1c(F)cccc1CC(C)N. The van der Waals surface area contributed by atoms with Crippen LogP contribution in [0.2, 0.25) is 0 Å². The zero-order valence-electron chi connectivity index (χ0n) is 11.2. The van der Waals surface area contributed by atoms with Crippen molar-refractivity contribution in [3.8, 4) is 11.5 Å². The average molecular weight is 259 g/mol. The van der Waals surface area contributed by atoms with E-state index in [1.54, 1.807) is 6.07 Å². The predicted octanol–water partition coefficient (Wildman–Crippen LogP) is 3.82. The summed E-state index contributed by atoms with van der Waals surface area (Å²) in [5.41, 5.74) is 7.55. The molecule has 1 unspecified atom stereocenters. The summed E-state index contributed by atoms with van der Waals surface area (Å²) in [6.45, 7) is 3.82. The van der Waals surface area contributed by atoms with E-state index >= 15 is 0 Å². The number of benzene rings is 2. The van der Waals surface area contributed by atoms with E-state index in [4.69, 9.17) is 10.5 Å². The van der Waals surface area contributed by atoms with E-state index in [1.807, 2.05) is 44.2 Å². The number of aryl methyl sites for hydroxylation is 1. The van der Waals surface area contributed by atoms with Crippen LogP contribution in [0.25, 0.3) is 0 Å². The third-order valence-electron chi connectivity index (χ3n) is 2.90. The Morgan fingerprint density at radius 2 is 1.89 bits per heavy atom. The Hall–Kier alpha value is -1.87. The van der Waals surface area contributed by atoms with Crippen LogP contribution in [0.4, 0.5) is 4.39 Å². The predicted molar refractivity (Wildman–Crippen MR) is 75.0 cm³/mol. The second-order valence-electron chi connectivity index (χ2n) is 4.78. The van der Waals surface area contributed by atoms with E-state index in [2.05, 4.69) is 0 Å². The van der Waals surface area contributed by atoms with Crippen LogP contribution >= 0.6 is 0 Å². The highest BCUT2D eigenvalue weighted by Gasteiger charge is 2.13. The highest BCUT2D eigenvalue weighted by atomic mass is 19.1. The van der Waals surface area contributed by atoms with Crippen molar-refractivity contribution in [2.24, 2.45) is 5.73 Å². The molecule has 3 heteroatoms. The number of para-hydroxylation sites is 2. The van der Waals surface area contributed by atoms with Gasteiger partial charge in [-0.3, -0.25) is 0 Å². The maximum atomic E-state index is 14.0. The van der Waals surface area contributed by atoms with Crippen molar-refractivity contribution in [1.29, 1.82) is 0 Å². The molecule has 2 rings (SSSR count). The number of nitrogens with two attached hydrogens (primary N) is 1. The molecule has 0 bridgehead atoms. The summed E-state index contributed by atoms with van der Waals surface area (Å²) >= 11 is 0. The van der Waals surface area contributed by atoms with Gasteiger partial charge in [-0.25, -0.2) is 4.39 Å². The van der Waals surface area contributed by atoms with E-state index in [1.165, 1.54) is 6.07 Å². The molecule has 0 aliphatic heterocycles. The van der Waals surface area contributed by atoms with Gasteiger partial charge in [0.25, 0.3) is 0 Å². The fourth-order valence-corrected chi connectivity index (χ4v) is 1.96. The summed E-state index contributed by atoms with van der Waals surface area (Å²) in [6.07, 6.45) is 0.582. The highest BCUT2D eigenvalue weighted by molar-refractivity contribution is 5.42. The van der Waals surface area contributed by atoms with Crippen molar-refractivity contribution in [2.45, 2.75) is 26.3 Å². The second-order valence-corrected chi connectivity index (χ2v) is 4.78. The van der Waals surface area contributed by atoms with Gasteiger partial charge in [0, 0.05) is 6.04 Å². The van der Waals surface area contributed by atoms with E-state index in [-0.39, 0.29) is 17.6 Å². The van der Waals surface area contributed by atoms with Gasteiger partial charge >= 0.3 is 0 Å². The fraction of sp³-hybridized carbons (Fsp3) is 0.250. The molecule has 0 saturated carbocycles. The number of rotatable bonds is 4. The van der Waals surface area contributed by atoms with E-state index in [0.717, 1.165) is 11.1 Å². The van der Waals surface area contributed by atoms with Crippen LogP contribution in [-0.4, -0.2) is 6.04 Å². The molecule has 0 amide bonds. The average Bonchev–Trinajstić information content (AvgIpc) is 2.35. The van der Waals surface area contributed by atoms with Crippen molar-refractivity contribution in [2.75, 3.05) is 0 Å². The molecule has 0 saturated heterocycles. The van der Waals surface area contributed by atoms with Crippen LogP contribution in [-0.2, 0) is 6.42 Å². The van der Waals surface area contributed by atoms with Gasteiger partial charge in [-0.1, -0.05) is 30.3 Å². The van der Waals surface area contributed by atoms with E-state index in [9.17, 15) is 4.39 Å². The standard InChI is InChI=1S/C16H18FNO/c1-11-6-3-4-9-15(11)19-16-13(10-12(2)18)7-5-8-14(16)17/h3-9,12H,10,18H2,1-2H3. The lowest BCUT2D eigenvalue weighted by atomic mass is 10.1. The molecule has 100 valence electrons. The largest absolute Gasteiger partial charge is 0.454 e. The van der Waals surface area contributed by atoms with Crippen molar-refractivity contribution >= 4 is 0 Å². The lowest BCUT2D eigenvalue weighted by Crippen LogP contribution is -2.18. The molecule has 19 heavy (non-hydrogen) atoms. The van der Waals surface area contributed by atoms with Gasteiger partial charge in [-0.15, -0.1) is 0 Å². The van der Waals surface area contributed by atoms with Gasteiger partial charge in [0.2, 0.25) is 0 Å². The highest BCUT2D eigenvalue weighted by Crippen LogP contribution is 2.30. The Kier molecular flexibility index (Phi) is 4.17. The zero-order valence-corrected chi connectivity index (χ0v) is 11.2. The molecular formula is C16H18FNO. The molecule has 2 aromatic carbocycles. The van der Waals surface area contributed by atoms with Gasteiger partial charge < -0.3 is 10.5 Å². The van der Waals surface area contributed by atoms with Crippen LogP contribution in [0.1, 0.15) is 18.1 Å². The maximum Gasteiger partial charge on any atom is 0.166 e. The molecule has 0 aliphatic carbocycles. The Morgan fingerprint density at radius 1 is 1.16 bits per heavy atom. The Labute approximate surface area is 113 Å². The molecule has 0 spiro atoms. The smallest absolute Gasteiger partial charge is 0.166 e. The quantitative estimate of drug-likeness (QED) is 0.906. The van der Waals surface area contributed by atoms with E-state index in [0.29, 0.717) is 12.2 Å². The van der Waals surface area contributed by atoms with Gasteiger partial charge in [0.1, 0.15) is 5.75 Å². The van der Waals surface area contributed by atoms with E-state index < -0.39 is 0 Å². The summed E-state index contributed by atoms with van der Waals surface area (Å²) in [6, 6.07) is 12.4. The first-order valence-electron chi connectivity index (χ1n) is 6.34. The van der Waals surface area contributed by atoms with Crippen LogP contribution in [0.5, 0.6) is 11.5 Å². The lowest BCUT2D eigenvalue weighted by molar-refractivity contribution is 0.432. The number of hydrogen-bond donors (Lipinski definition) is 1. The van der Waals surface area contributed by atoms with Crippen molar-refractivity contribution < 1.29 is 9.13 Å². The minimum absolute atomic E-state index is 0.0407. The molecule has 0 radical (unpaired) electrons. The minimum atomic E-state index is -0.360. The molecule has 2 nitrogen and oxygen atoms in total. The zero-order chi connectivity index (χ0) is 13.8. The molecule has 2 N–H and O–H groups in total.